The largest absolute Gasteiger partial charge is 0.481 e. The van der Waals surface area contributed by atoms with Crippen LogP contribution in [-0.4, -0.2) is 58.6 Å². The van der Waals surface area contributed by atoms with Crippen molar-refractivity contribution in [2.24, 2.45) is 5.41 Å². The maximum atomic E-state index is 11.9. The minimum atomic E-state index is -0.611. The fraction of sp³-hybridized carbons (Fsp3) is 0.625. The van der Waals surface area contributed by atoms with Crippen LogP contribution in [-0.2, 0) is 11.3 Å². The predicted octanol–water partition coefficient (Wildman–Crippen LogP) is 1.45. The molecule has 0 radical (unpaired) electrons. The van der Waals surface area contributed by atoms with Crippen molar-refractivity contribution in [2.75, 3.05) is 26.7 Å². The number of rotatable bonds is 3. The zero-order valence-corrected chi connectivity index (χ0v) is 12.5. The first-order chi connectivity index (χ1) is 10.1. The molecular weight excluding hydrogens is 266 g/mol. The standard InChI is InChI=1S/C16H23N3O2/c1-18-8-3-5-16(15(20)21)6-9-19(12-14(16)18)11-13-4-2-7-17-10-13/h2,4,7,10,14H,3,5-6,8-9,11-12H2,1H3,(H,20,21)/t14-,16+/m1/s1. The Balaban J connectivity index is 1.75. The molecule has 0 amide bonds. The molecule has 21 heavy (non-hydrogen) atoms. The van der Waals surface area contributed by atoms with E-state index in [4.69, 9.17) is 0 Å². The highest BCUT2D eigenvalue weighted by molar-refractivity contribution is 5.76. The van der Waals surface area contributed by atoms with Crippen LogP contribution in [0.25, 0.3) is 0 Å². The number of carboxylic acid groups (broad SMARTS) is 1. The molecule has 1 aromatic heterocycles. The summed E-state index contributed by atoms with van der Waals surface area (Å²) in [6.45, 7) is 3.54. The van der Waals surface area contributed by atoms with E-state index in [0.29, 0.717) is 0 Å². The molecule has 1 N–H and O–H groups in total. The van der Waals surface area contributed by atoms with Gasteiger partial charge in [0.2, 0.25) is 0 Å². The molecule has 2 atom stereocenters. The second-order valence-corrected chi connectivity index (χ2v) is 6.41. The van der Waals surface area contributed by atoms with Crippen LogP contribution in [0.4, 0.5) is 0 Å². The Morgan fingerprint density at radius 3 is 3.05 bits per heavy atom. The van der Waals surface area contributed by atoms with E-state index in [2.05, 4.69) is 27.9 Å². The third-order valence-corrected chi connectivity index (χ3v) is 5.16. The summed E-state index contributed by atoms with van der Waals surface area (Å²) in [6, 6.07) is 4.15. The lowest BCUT2D eigenvalue weighted by atomic mass is 9.68. The summed E-state index contributed by atoms with van der Waals surface area (Å²) >= 11 is 0. The smallest absolute Gasteiger partial charge is 0.311 e. The summed E-state index contributed by atoms with van der Waals surface area (Å²) in [6.07, 6.45) is 6.23. The molecule has 3 heterocycles. The molecule has 0 aliphatic carbocycles. The lowest BCUT2D eigenvalue weighted by molar-refractivity contribution is -0.162. The van der Waals surface area contributed by atoms with Gasteiger partial charge in [-0.2, -0.15) is 0 Å². The molecule has 1 aromatic rings. The topological polar surface area (TPSA) is 56.7 Å². The first-order valence-electron chi connectivity index (χ1n) is 7.67. The Morgan fingerprint density at radius 2 is 2.33 bits per heavy atom. The van der Waals surface area contributed by atoms with Gasteiger partial charge in [0, 0.05) is 31.5 Å². The zero-order chi connectivity index (χ0) is 14.9. The van der Waals surface area contributed by atoms with E-state index in [-0.39, 0.29) is 6.04 Å². The Morgan fingerprint density at radius 1 is 1.48 bits per heavy atom. The van der Waals surface area contributed by atoms with Gasteiger partial charge in [0.15, 0.2) is 0 Å². The number of carboxylic acids is 1. The average molecular weight is 289 g/mol. The lowest BCUT2D eigenvalue weighted by Crippen LogP contribution is -2.62. The van der Waals surface area contributed by atoms with Gasteiger partial charge in [-0.1, -0.05) is 6.07 Å². The second-order valence-electron chi connectivity index (χ2n) is 6.41. The van der Waals surface area contributed by atoms with Crippen molar-refractivity contribution in [3.63, 3.8) is 0 Å². The number of fused-ring (bicyclic) bond motifs is 1. The third-order valence-electron chi connectivity index (χ3n) is 5.16. The van der Waals surface area contributed by atoms with Crippen molar-refractivity contribution in [2.45, 2.75) is 31.8 Å². The van der Waals surface area contributed by atoms with Crippen molar-refractivity contribution in [3.8, 4) is 0 Å². The Labute approximate surface area is 125 Å². The van der Waals surface area contributed by atoms with Gasteiger partial charge in [0.1, 0.15) is 0 Å². The number of hydrogen-bond acceptors (Lipinski definition) is 4. The monoisotopic (exact) mass is 289 g/mol. The zero-order valence-electron chi connectivity index (χ0n) is 12.5. The summed E-state index contributed by atoms with van der Waals surface area (Å²) in [4.78, 5) is 20.6. The first-order valence-corrected chi connectivity index (χ1v) is 7.67. The highest BCUT2D eigenvalue weighted by Gasteiger charge is 2.52. The van der Waals surface area contributed by atoms with Crippen molar-refractivity contribution in [1.82, 2.24) is 14.8 Å². The number of aliphatic carboxylic acids is 1. The molecule has 2 aliphatic heterocycles. The molecule has 2 fully saturated rings. The van der Waals surface area contributed by atoms with Gasteiger partial charge in [-0.25, -0.2) is 0 Å². The molecule has 0 aromatic carbocycles. The molecular formula is C16H23N3O2. The van der Waals surface area contributed by atoms with Gasteiger partial charge < -0.3 is 10.0 Å². The highest BCUT2D eigenvalue weighted by Crippen LogP contribution is 2.42. The third kappa shape index (κ3) is 2.68. The molecule has 0 spiro atoms. The Kier molecular flexibility index (Phi) is 3.95. The number of pyridine rings is 1. The van der Waals surface area contributed by atoms with Crippen molar-refractivity contribution >= 4 is 5.97 Å². The summed E-state index contributed by atoms with van der Waals surface area (Å²) in [7, 11) is 2.06. The van der Waals surface area contributed by atoms with Crippen LogP contribution in [0.15, 0.2) is 24.5 Å². The predicted molar refractivity (Wildman–Crippen MR) is 79.9 cm³/mol. The van der Waals surface area contributed by atoms with Crippen LogP contribution in [0.3, 0.4) is 0 Å². The number of aromatic nitrogens is 1. The molecule has 0 saturated carbocycles. The number of carbonyl (C=O) groups is 1. The molecule has 5 heteroatoms. The Bertz CT molecular complexity index is 508. The summed E-state index contributed by atoms with van der Waals surface area (Å²) in [5.41, 5.74) is 0.650. The van der Waals surface area contributed by atoms with Crippen molar-refractivity contribution in [1.29, 1.82) is 0 Å². The molecule has 0 unspecified atom stereocenters. The number of piperidine rings is 2. The van der Waals surface area contributed by atoms with Crippen molar-refractivity contribution < 1.29 is 9.90 Å². The van der Waals surface area contributed by atoms with Gasteiger partial charge in [-0.3, -0.25) is 14.7 Å². The average Bonchev–Trinajstić information content (AvgIpc) is 2.49. The van der Waals surface area contributed by atoms with Crippen LogP contribution in [0, 0.1) is 5.41 Å². The second kappa shape index (κ2) is 5.73. The minimum absolute atomic E-state index is 0.120. The van der Waals surface area contributed by atoms with Gasteiger partial charge in [-0.15, -0.1) is 0 Å². The fourth-order valence-corrected chi connectivity index (χ4v) is 3.94. The summed E-state index contributed by atoms with van der Waals surface area (Å²) in [5.74, 6) is -0.611. The summed E-state index contributed by atoms with van der Waals surface area (Å²) < 4.78 is 0. The SMILES string of the molecule is CN1CCC[C@]2(C(=O)O)CCN(Cc3cccnc3)C[C@@H]12. The molecule has 3 rings (SSSR count). The quantitative estimate of drug-likeness (QED) is 0.913. The van der Waals surface area contributed by atoms with E-state index < -0.39 is 11.4 Å². The van der Waals surface area contributed by atoms with E-state index in [0.717, 1.165) is 45.4 Å². The fourth-order valence-electron chi connectivity index (χ4n) is 3.94. The number of hydrogen-bond donors (Lipinski definition) is 1. The van der Waals surface area contributed by atoms with Gasteiger partial charge in [0.05, 0.1) is 5.41 Å². The number of likely N-dealkylation sites (N-methyl/N-ethyl adjacent to an activating group) is 1. The first kappa shape index (κ1) is 14.5. The normalized spacial score (nSPS) is 30.8. The molecule has 114 valence electrons. The van der Waals surface area contributed by atoms with Crippen molar-refractivity contribution in [3.05, 3.63) is 30.1 Å². The summed E-state index contributed by atoms with van der Waals surface area (Å²) in [5, 5.41) is 9.76. The van der Waals surface area contributed by atoms with Gasteiger partial charge in [-0.05, 0) is 51.0 Å². The van der Waals surface area contributed by atoms with Gasteiger partial charge >= 0.3 is 5.97 Å². The van der Waals surface area contributed by atoms with E-state index in [1.165, 1.54) is 5.56 Å². The maximum absolute atomic E-state index is 11.9. The Hall–Kier alpha value is -1.46. The van der Waals surface area contributed by atoms with Gasteiger partial charge in [0.25, 0.3) is 0 Å². The van der Waals surface area contributed by atoms with Crippen LogP contribution < -0.4 is 0 Å². The molecule has 2 aliphatic rings. The van der Waals surface area contributed by atoms with Crippen LogP contribution >= 0.6 is 0 Å². The van der Waals surface area contributed by atoms with E-state index in [9.17, 15) is 9.90 Å². The van der Waals surface area contributed by atoms with E-state index in [1.807, 2.05) is 12.3 Å². The highest BCUT2D eigenvalue weighted by atomic mass is 16.4. The molecule has 0 bridgehead atoms. The van der Waals surface area contributed by atoms with Crippen LogP contribution in [0.1, 0.15) is 24.8 Å². The van der Waals surface area contributed by atoms with Crippen LogP contribution in [0.5, 0.6) is 0 Å². The minimum Gasteiger partial charge on any atom is -0.481 e. The lowest BCUT2D eigenvalue weighted by Gasteiger charge is -2.51. The number of nitrogens with zero attached hydrogens (tertiary/aromatic N) is 3. The molecule has 2 saturated heterocycles. The molecule has 5 nitrogen and oxygen atoms in total. The van der Waals surface area contributed by atoms with E-state index in [1.54, 1.807) is 6.20 Å². The maximum Gasteiger partial charge on any atom is 0.311 e. The van der Waals surface area contributed by atoms with Crippen LogP contribution in [0.2, 0.25) is 0 Å². The van der Waals surface area contributed by atoms with E-state index >= 15 is 0 Å². The number of likely N-dealkylation sites (tertiary alicyclic amines) is 2.